The lowest BCUT2D eigenvalue weighted by atomic mass is 9.69. The lowest BCUT2D eigenvalue weighted by molar-refractivity contribution is -0.125. The maximum absolute atomic E-state index is 12.3. The molecular weight excluding hydrogens is 236 g/mol. The molecule has 0 heterocycles. The van der Waals surface area contributed by atoms with Crippen molar-refractivity contribution in [2.24, 2.45) is 17.3 Å². The Balaban J connectivity index is 2.37. The van der Waals surface area contributed by atoms with E-state index in [1.807, 2.05) is 0 Å². The summed E-state index contributed by atoms with van der Waals surface area (Å²) < 4.78 is 5.38. The molecule has 0 unspecified atom stereocenters. The summed E-state index contributed by atoms with van der Waals surface area (Å²) in [6.45, 7) is 11.1. The molecule has 1 saturated carbocycles. The van der Waals surface area contributed by atoms with Gasteiger partial charge in [0.25, 0.3) is 0 Å². The van der Waals surface area contributed by atoms with Crippen molar-refractivity contribution in [3.8, 4) is 0 Å². The summed E-state index contributed by atoms with van der Waals surface area (Å²) in [6, 6.07) is 0. The Bertz CT molecular complexity index is 291. The molecule has 0 spiro atoms. The summed E-state index contributed by atoms with van der Waals surface area (Å²) in [5.74, 6) is 1.55. The predicted octanol–water partition coefficient (Wildman–Crippen LogP) is 4.61. The van der Waals surface area contributed by atoms with Gasteiger partial charge in [0.2, 0.25) is 0 Å². The number of ether oxygens (including phenoxy) is 1. The second-order valence-electron chi connectivity index (χ2n) is 7.84. The average Bonchev–Trinajstić information content (AvgIpc) is 2.35. The van der Waals surface area contributed by atoms with Gasteiger partial charge in [-0.05, 0) is 57.3 Å². The zero-order valence-corrected chi connectivity index (χ0v) is 13.7. The quantitative estimate of drug-likeness (QED) is 0.727. The summed E-state index contributed by atoms with van der Waals surface area (Å²) in [4.78, 5) is 12.3. The molecular formula is C17H32O2. The summed E-state index contributed by atoms with van der Waals surface area (Å²) in [5, 5.41) is 0. The van der Waals surface area contributed by atoms with Gasteiger partial charge in [0.15, 0.2) is 0 Å². The first kappa shape index (κ1) is 16.7. The van der Waals surface area contributed by atoms with Crippen molar-refractivity contribution in [3.63, 3.8) is 0 Å². The van der Waals surface area contributed by atoms with Crippen LogP contribution in [0.5, 0.6) is 0 Å². The van der Waals surface area contributed by atoms with Gasteiger partial charge < -0.3 is 4.74 Å². The molecule has 0 saturated heterocycles. The summed E-state index contributed by atoms with van der Waals surface area (Å²) in [7, 11) is 1.72. The van der Waals surface area contributed by atoms with Crippen LogP contribution in [0.3, 0.4) is 0 Å². The maximum Gasteiger partial charge on any atom is 0.136 e. The van der Waals surface area contributed by atoms with Gasteiger partial charge in [0.1, 0.15) is 5.78 Å². The monoisotopic (exact) mass is 268 g/mol. The van der Waals surface area contributed by atoms with E-state index in [9.17, 15) is 4.79 Å². The lowest BCUT2D eigenvalue weighted by Crippen LogP contribution is -2.30. The van der Waals surface area contributed by atoms with E-state index >= 15 is 0 Å². The molecule has 0 amide bonds. The third-order valence-electron chi connectivity index (χ3n) is 4.93. The van der Waals surface area contributed by atoms with Crippen molar-refractivity contribution >= 4 is 5.78 Å². The van der Waals surface area contributed by atoms with Crippen LogP contribution in [-0.4, -0.2) is 18.5 Å². The van der Waals surface area contributed by atoms with Gasteiger partial charge in [-0.1, -0.05) is 20.8 Å². The van der Waals surface area contributed by atoms with Gasteiger partial charge in [0.05, 0.1) is 5.60 Å². The van der Waals surface area contributed by atoms with Gasteiger partial charge in [-0.15, -0.1) is 0 Å². The molecule has 0 aliphatic heterocycles. The van der Waals surface area contributed by atoms with E-state index in [0.717, 1.165) is 25.2 Å². The van der Waals surface area contributed by atoms with Crippen molar-refractivity contribution in [2.75, 3.05) is 7.11 Å². The number of carbonyl (C=O) groups is 1. The normalized spacial score (nSPS) is 25.4. The van der Waals surface area contributed by atoms with Crippen LogP contribution in [0, 0.1) is 17.3 Å². The second-order valence-corrected chi connectivity index (χ2v) is 7.84. The van der Waals surface area contributed by atoms with Crippen molar-refractivity contribution in [1.82, 2.24) is 0 Å². The van der Waals surface area contributed by atoms with Crippen molar-refractivity contribution in [3.05, 3.63) is 0 Å². The van der Waals surface area contributed by atoms with Crippen molar-refractivity contribution in [1.29, 1.82) is 0 Å². The topological polar surface area (TPSA) is 26.3 Å². The molecule has 112 valence electrons. The molecule has 0 bridgehead atoms. The molecule has 0 aromatic rings. The molecule has 0 N–H and O–H groups in total. The highest BCUT2D eigenvalue weighted by Gasteiger charge is 2.32. The molecule has 0 radical (unpaired) electrons. The standard InChI is InChI=1S/C17H32O2/c1-16(2,3)14-9-7-13(8-10-14)15(18)11-12-17(4,5)19-6/h13-14H,7-12H2,1-6H3. The molecule has 1 rings (SSSR count). The molecule has 0 aromatic heterocycles. The minimum Gasteiger partial charge on any atom is -0.379 e. The van der Waals surface area contributed by atoms with E-state index in [4.69, 9.17) is 4.74 Å². The first-order chi connectivity index (χ1) is 8.65. The summed E-state index contributed by atoms with van der Waals surface area (Å²) in [6.07, 6.45) is 6.12. The Morgan fingerprint density at radius 1 is 1.05 bits per heavy atom. The van der Waals surface area contributed by atoms with Crippen LogP contribution < -0.4 is 0 Å². The Morgan fingerprint density at radius 3 is 2.00 bits per heavy atom. The van der Waals surface area contributed by atoms with Crippen LogP contribution in [0.1, 0.15) is 73.1 Å². The Labute approximate surface area is 119 Å². The van der Waals surface area contributed by atoms with E-state index in [1.54, 1.807) is 7.11 Å². The van der Waals surface area contributed by atoms with Gasteiger partial charge >= 0.3 is 0 Å². The zero-order chi connectivity index (χ0) is 14.7. The number of methoxy groups -OCH3 is 1. The van der Waals surface area contributed by atoms with Crippen molar-refractivity contribution < 1.29 is 9.53 Å². The van der Waals surface area contributed by atoms with Crippen LogP contribution in [-0.2, 0) is 9.53 Å². The Hall–Kier alpha value is -0.370. The molecule has 0 atom stereocenters. The van der Waals surface area contributed by atoms with E-state index in [1.165, 1.54) is 12.8 Å². The van der Waals surface area contributed by atoms with Gasteiger partial charge in [0, 0.05) is 19.4 Å². The van der Waals surface area contributed by atoms with Crippen LogP contribution in [0.2, 0.25) is 0 Å². The van der Waals surface area contributed by atoms with Gasteiger partial charge in [-0.3, -0.25) is 4.79 Å². The van der Waals surface area contributed by atoms with E-state index in [0.29, 0.717) is 23.5 Å². The van der Waals surface area contributed by atoms with Gasteiger partial charge in [-0.25, -0.2) is 0 Å². The van der Waals surface area contributed by atoms with E-state index < -0.39 is 0 Å². The first-order valence-electron chi connectivity index (χ1n) is 7.73. The minimum absolute atomic E-state index is 0.168. The lowest BCUT2D eigenvalue weighted by Gasteiger charge is -2.36. The minimum atomic E-state index is -0.168. The van der Waals surface area contributed by atoms with Gasteiger partial charge in [-0.2, -0.15) is 0 Å². The third kappa shape index (κ3) is 5.25. The number of hydrogen-bond donors (Lipinski definition) is 0. The first-order valence-corrected chi connectivity index (χ1v) is 7.73. The molecule has 2 heteroatoms. The fourth-order valence-electron chi connectivity index (χ4n) is 3.01. The predicted molar refractivity (Wildman–Crippen MR) is 80.2 cm³/mol. The highest BCUT2D eigenvalue weighted by molar-refractivity contribution is 5.81. The van der Waals surface area contributed by atoms with Crippen LogP contribution in [0.4, 0.5) is 0 Å². The van der Waals surface area contributed by atoms with Crippen LogP contribution in [0.25, 0.3) is 0 Å². The molecule has 1 aliphatic rings. The maximum atomic E-state index is 12.3. The number of hydrogen-bond acceptors (Lipinski definition) is 2. The van der Waals surface area contributed by atoms with Crippen LogP contribution in [0.15, 0.2) is 0 Å². The summed E-state index contributed by atoms with van der Waals surface area (Å²) in [5.41, 5.74) is 0.227. The average molecular weight is 268 g/mol. The largest absolute Gasteiger partial charge is 0.379 e. The molecule has 1 aliphatic carbocycles. The van der Waals surface area contributed by atoms with Crippen molar-refractivity contribution in [2.45, 2.75) is 78.7 Å². The van der Waals surface area contributed by atoms with Crippen LogP contribution >= 0.6 is 0 Å². The SMILES string of the molecule is COC(C)(C)CCC(=O)C1CCC(C(C)(C)C)CC1. The highest BCUT2D eigenvalue weighted by atomic mass is 16.5. The Morgan fingerprint density at radius 2 is 1.58 bits per heavy atom. The summed E-state index contributed by atoms with van der Waals surface area (Å²) >= 11 is 0. The fourth-order valence-corrected chi connectivity index (χ4v) is 3.01. The molecule has 2 nitrogen and oxygen atoms in total. The number of Topliss-reactive ketones (excluding diaryl/α,β-unsaturated/α-hetero) is 1. The van der Waals surface area contributed by atoms with E-state index in [-0.39, 0.29) is 5.60 Å². The number of rotatable bonds is 5. The number of ketones is 1. The second kappa shape index (κ2) is 6.39. The molecule has 0 aromatic carbocycles. The highest BCUT2D eigenvalue weighted by Crippen LogP contribution is 2.40. The molecule has 19 heavy (non-hydrogen) atoms. The third-order valence-corrected chi connectivity index (χ3v) is 4.93. The Kier molecular flexibility index (Phi) is 5.61. The smallest absolute Gasteiger partial charge is 0.136 e. The fraction of sp³-hybridized carbons (Fsp3) is 0.941. The number of carbonyl (C=O) groups excluding carboxylic acids is 1. The zero-order valence-electron chi connectivity index (χ0n) is 13.7. The van der Waals surface area contributed by atoms with E-state index in [2.05, 4.69) is 34.6 Å². The molecule has 1 fully saturated rings.